The minimum absolute atomic E-state index is 0.254. The Morgan fingerprint density at radius 1 is 1.37 bits per heavy atom. The zero-order valence-corrected chi connectivity index (χ0v) is 16.7. The summed E-state index contributed by atoms with van der Waals surface area (Å²) in [5.41, 5.74) is 2.26. The van der Waals surface area contributed by atoms with Crippen LogP contribution in [0.25, 0.3) is 11.0 Å². The summed E-state index contributed by atoms with van der Waals surface area (Å²) in [6.45, 7) is 1.77. The number of halogens is 2. The number of nitrogens with one attached hydrogen (secondary N) is 1. The van der Waals surface area contributed by atoms with E-state index in [9.17, 15) is 4.79 Å². The minimum atomic E-state index is -0.900. The average Bonchev–Trinajstić information content (AvgIpc) is 3.03. The van der Waals surface area contributed by atoms with E-state index in [1.807, 2.05) is 0 Å². The van der Waals surface area contributed by atoms with Gasteiger partial charge in [-0.15, -0.1) is 11.6 Å². The van der Waals surface area contributed by atoms with Gasteiger partial charge >= 0.3 is 0 Å². The number of furan rings is 1. The molecule has 2 atom stereocenters. The van der Waals surface area contributed by atoms with Crippen LogP contribution in [-0.4, -0.2) is 30.1 Å². The van der Waals surface area contributed by atoms with Gasteiger partial charge in [0, 0.05) is 29.8 Å². The lowest BCUT2D eigenvalue weighted by Crippen LogP contribution is -2.50. The van der Waals surface area contributed by atoms with Gasteiger partial charge in [0.15, 0.2) is 11.3 Å². The Hall–Kier alpha value is -1.98. The highest BCUT2D eigenvalue weighted by molar-refractivity contribution is 6.37. The number of ether oxygens (including phenoxy) is 1. The van der Waals surface area contributed by atoms with E-state index in [1.54, 1.807) is 32.4 Å². The van der Waals surface area contributed by atoms with Crippen molar-refractivity contribution in [2.24, 2.45) is 4.99 Å². The van der Waals surface area contributed by atoms with Crippen LogP contribution in [0.1, 0.15) is 41.4 Å². The predicted octanol–water partition coefficient (Wildman–Crippen LogP) is 4.58. The molecule has 0 bridgehead atoms. The fourth-order valence-electron chi connectivity index (χ4n) is 3.78. The first-order valence-electron chi connectivity index (χ1n) is 8.93. The number of amides is 1. The Labute approximate surface area is 167 Å². The van der Waals surface area contributed by atoms with Gasteiger partial charge < -0.3 is 14.5 Å². The molecule has 7 heteroatoms. The molecule has 4 rings (SSSR count). The number of fused-ring (bicyclic) bond motifs is 3. The molecule has 1 amide bonds. The van der Waals surface area contributed by atoms with Crippen molar-refractivity contribution >= 4 is 46.3 Å². The fraction of sp³-hybridized carbons (Fsp3) is 0.400. The van der Waals surface area contributed by atoms with Crippen molar-refractivity contribution in [3.8, 4) is 5.75 Å². The topological polar surface area (TPSA) is 63.8 Å². The minimum Gasteiger partial charge on any atom is -0.493 e. The second kappa shape index (κ2) is 6.88. The van der Waals surface area contributed by atoms with Gasteiger partial charge in [0.1, 0.15) is 10.6 Å². The molecule has 0 fully saturated rings. The van der Waals surface area contributed by atoms with Crippen LogP contribution in [0.15, 0.2) is 32.8 Å². The molecule has 1 aliphatic heterocycles. The maximum absolute atomic E-state index is 13.2. The summed E-state index contributed by atoms with van der Waals surface area (Å²) in [5.74, 6) is 1.32. The van der Waals surface area contributed by atoms with E-state index in [0.29, 0.717) is 21.9 Å². The normalized spacial score (nSPS) is 24.4. The predicted molar refractivity (Wildman–Crippen MR) is 107 cm³/mol. The Balaban J connectivity index is 1.77. The molecular weight excluding hydrogens is 387 g/mol. The van der Waals surface area contributed by atoms with Crippen LogP contribution < -0.4 is 10.1 Å². The van der Waals surface area contributed by atoms with Crippen molar-refractivity contribution in [2.75, 3.05) is 7.11 Å². The number of alkyl halides is 1. The van der Waals surface area contributed by atoms with Gasteiger partial charge in [0.05, 0.1) is 23.7 Å². The van der Waals surface area contributed by atoms with E-state index in [1.165, 1.54) is 6.20 Å². The number of carbonyl (C=O) groups is 1. The van der Waals surface area contributed by atoms with E-state index in [0.717, 1.165) is 42.4 Å². The Morgan fingerprint density at radius 3 is 2.89 bits per heavy atom. The number of methoxy groups -OCH3 is 1. The number of benzene rings is 1. The summed E-state index contributed by atoms with van der Waals surface area (Å²) >= 11 is 12.8. The molecule has 2 aromatic rings. The molecule has 0 radical (unpaired) electrons. The SMILES string of the molecule is COc1ccc(C(=O)NC2C(Cl)=CN=CC2(C)Cl)c2c3c(oc12)CCCC3. The summed E-state index contributed by atoms with van der Waals surface area (Å²) < 4.78 is 11.5. The summed E-state index contributed by atoms with van der Waals surface area (Å²) in [6.07, 6.45) is 7.01. The first-order chi connectivity index (χ1) is 12.9. The second-order valence-corrected chi connectivity index (χ2v) is 8.33. The molecule has 0 spiro atoms. The summed E-state index contributed by atoms with van der Waals surface area (Å²) in [6, 6.07) is 2.96. The van der Waals surface area contributed by atoms with Crippen molar-refractivity contribution < 1.29 is 13.9 Å². The van der Waals surface area contributed by atoms with E-state index in [2.05, 4.69) is 10.3 Å². The van der Waals surface area contributed by atoms with Gasteiger partial charge in [-0.05, 0) is 38.3 Å². The quantitative estimate of drug-likeness (QED) is 0.758. The molecule has 1 aromatic heterocycles. The van der Waals surface area contributed by atoms with Crippen molar-refractivity contribution in [2.45, 2.75) is 43.5 Å². The molecular formula is C20H20Cl2N2O3. The number of carbonyl (C=O) groups excluding carboxylic acids is 1. The number of aliphatic imine (C=N–C) groups is 1. The van der Waals surface area contributed by atoms with Gasteiger partial charge in [-0.25, -0.2) is 0 Å². The molecule has 1 N–H and O–H groups in total. The molecule has 2 unspecified atom stereocenters. The lowest BCUT2D eigenvalue weighted by atomic mass is 9.93. The summed E-state index contributed by atoms with van der Waals surface area (Å²) in [4.78, 5) is 16.3. The van der Waals surface area contributed by atoms with E-state index >= 15 is 0 Å². The number of rotatable bonds is 3. The van der Waals surface area contributed by atoms with Crippen LogP contribution in [-0.2, 0) is 12.8 Å². The number of hydrogen-bond acceptors (Lipinski definition) is 4. The highest BCUT2D eigenvalue weighted by Gasteiger charge is 2.37. The molecule has 2 heterocycles. The van der Waals surface area contributed by atoms with Crippen LogP contribution in [0.2, 0.25) is 0 Å². The van der Waals surface area contributed by atoms with Gasteiger partial charge in [-0.2, -0.15) is 0 Å². The van der Waals surface area contributed by atoms with Crippen LogP contribution in [0, 0.1) is 0 Å². The van der Waals surface area contributed by atoms with E-state index in [4.69, 9.17) is 32.4 Å². The molecule has 0 saturated carbocycles. The third-order valence-electron chi connectivity index (χ3n) is 5.17. The third-order valence-corrected chi connectivity index (χ3v) is 5.80. The van der Waals surface area contributed by atoms with Gasteiger partial charge in [0.2, 0.25) is 0 Å². The molecule has 1 aliphatic carbocycles. The van der Waals surface area contributed by atoms with Crippen LogP contribution in [0.4, 0.5) is 0 Å². The van der Waals surface area contributed by atoms with Crippen molar-refractivity contribution in [1.82, 2.24) is 5.32 Å². The average molecular weight is 407 g/mol. The van der Waals surface area contributed by atoms with Gasteiger partial charge in [-0.3, -0.25) is 9.79 Å². The Morgan fingerprint density at radius 2 is 2.15 bits per heavy atom. The Kier molecular flexibility index (Phi) is 4.68. The van der Waals surface area contributed by atoms with E-state index < -0.39 is 10.9 Å². The molecule has 27 heavy (non-hydrogen) atoms. The van der Waals surface area contributed by atoms with Crippen LogP contribution in [0.5, 0.6) is 5.75 Å². The zero-order chi connectivity index (χ0) is 19.2. The zero-order valence-electron chi connectivity index (χ0n) is 15.1. The van der Waals surface area contributed by atoms with Crippen LogP contribution >= 0.6 is 23.2 Å². The maximum Gasteiger partial charge on any atom is 0.252 e. The third kappa shape index (κ3) is 3.13. The first-order valence-corrected chi connectivity index (χ1v) is 9.69. The van der Waals surface area contributed by atoms with Crippen molar-refractivity contribution in [3.63, 3.8) is 0 Å². The van der Waals surface area contributed by atoms with Gasteiger partial charge in [-0.1, -0.05) is 11.6 Å². The van der Waals surface area contributed by atoms with Crippen LogP contribution in [0.3, 0.4) is 0 Å². The molecule has 1 aromatic carbocycles. The number of nitrogens with zero attached hydrogens (tertiary/aromatic N) is 1. The summed E-state index contributed by atoms with van der Waals surface area (Å²) in [7, 11) is 1.60. The second-order valence-electron chi connectivity index (χ2n) is 7.08. The standard InChI is InChI=1S/C20H20Cl2N2O3/c1-20(22)10-23-9-13(21)18(20)24-19(25)12-7-8-15(26-2)17-16(12)11-5-3-4-6-14(11)27-17/h7-10,18H,3-6H2,1-2H3,(H,24,25). The maximum atomic E-state index is 13.2. The largest absolute Gasteiger partial charge is 0.493 e. The van der Waals surface area contributed by atoms with Crippen molar-refractivity contribution in [3.05, 3.63) is 40.3 Å². The highest BCUT2D eigenvalue weighted by Crippen LogP contribution is 2.39. The molecule has 142 valence electrons. The summed E-state index contributed by atoms with van der Waals surface area (Å²) in [5, 5.41) is 4.17. The van der Waals surface area contributed by atoms with Crippen molar-refractivity contribution in [1.29, 1.82) is 0 Å². The van der Waals surface area contributed by atoms with Gasteiger partial charge in [0.25, 0.3) is 5.91 Å². The highest BCUT2D eigenvalue weighted by atomic mass is 35.5. The fourth-order valence-corrected chi connectivity index (χ4v) is 4.41. The number of hydrogen-bond donors (Lipinski definition) is 1. The molecule has 5 nitrogen and oxygen atoms in total. The lowest BCUT2D eigenvalue weighted by molar-refractivity contribution is 0.0942. The van der Waals surface area contributed by atoms with E-state index in [-0.39, 0.29) is 5.91 Å². The molecule has 2 aliphatic rings. The smallest absolute Gasteiger partial charge is 0.252 e. The monoisotopic (exact) mass is 406 g/mol. The first kappa shape index (κ1) is 18.4. The molecule has 0 saturated heterocycles. The Bertz CT molecular complexity index is 975. The lowest BCUT2D eigenvalue weighted by Gasteiger charge is -2.31. The number of aryl methyl sites for hydroxylation is 2.